The Bertz CT molecular complexity index is 134. The standard InChI is InChI=1S/C10H22N2/c1-4-10-6-5-9(3)12(10)7-8(2)11/h8-10H,4-7,11H2,1-3H3/t8-,9?,10?/m1/s1. The Morgan fingerprint density at radius 3 is 2.67 bits per heavy atom. The Morgan fingerprint density at radius 1 is 1.50 bits per heavy atom. The average molecular weight is 170 g/mol. The van der Waals surface area contributed by atoms with Gasteiger partial charge in [0.1, 0.15) is 0 Å². The van der Waals surface area contributed by atoms with Gasteiger partial charge in [-0.15, -0.1) is 0 Å². The first-order valence-corrected chi connectivity index (χ1v) is 5.16. The summed E-state index contributed by atoms with van der Waals surface area (Å²) in [6.07, 6.45) is 3.99. The van der Waals surface area contributed by atoms with Crippen LogP contribution >= 0.6 is 0 Å². The molecule has 0 spiro atoms. The Morgan fingerprint density at radius 2 is 2.17 bits per heavy atom. The molecule has 0 aromatic heterocycles. The van der Waals surface area contributed by atoms with Gasteiger partial charge in [-0.1, -0.05) is 6.92 Å². The third-order valence-corrected chi connectivity index (χ3v) is 2.92. The molecule has 12 heavy (non-hydrogen) atoms. The predicted molar refractivity (Wildman–Crippen MR) is 53.1 cm³/mol. The van der Waals surface area contributed by atoms with Crippen LogP contribution in [0.25, 0.3) is 0 Å². The molecular weight excluding hydrogens is 148 g/mol. The lowest BCUT2D eigenvalue weighted by Gasteiger charge is -2.29. The van der Waals surface area contributed by atoms with E-state index in [1.807, 2.05) is 0 Å². The summed E-state index contributed by atoms with van der Waals surface area (Å²) in [7, 11) is 0. The zero-order valence-electron chi connectivity index (χ0n) is 8.59. The van der Waals surface area contributed by atoms with Crippen molar-refractivity contribution in [2.24, 2.45) is 5.73 Å². The SMILES string of the molecule is CCC1CCC(C)N1C[C@@H](C)N. The van der Waals surface area contributed by atoms with E-state index < -0.39 is 0 Å². The molecule has 1 saturated heterocycles. The molecule has 1 aliphatic rings. The van der Waals surface area contributed by atoms with E-state index in [1.54, 1.807) is 0 Å². The minimum Gasteiger partial charge on any atom is -0.327 e. The van der Waals surface area contributed by atoms with Crippen LogP contribution in [0.4, 0.5) is 0 Å². The lowest BCUT2D eigenvalue weighted by atomic mass is 10.1. The number of hydrogen-bond acceptors (Lipinski definition) is 2. The molecule has 2 unspecified atom stereocenters. The van der Waals surface area contributed by atoms with Crippen LogP contribution < -0.4 is 5.73 Å². The largest absolute Gasteiger partial charge is 0.327 e. The van der Waals surface area contributed by atoms with Crippen molar-refractivity contribution in [3.05, 3.63) is 0 Å². The number of nitrogens with two attached hydrogens (primary N) is 1. The summed E-state index contributed by atoms with van der Waals surface area (Å²) in [6, 6.07) is 1.87. The van der Waals surface area contributed by atoms with E-state index in [4.69, 9.17) is 5.73 Å². The maximum atomic E-state index is 5.81. The van der Waals surface area contributed by atoms with Crippen molar-refractivity contribution in [2.45, 2.75) is 58.2 Å². The summed E-state index contributed by atoms with van der Waals surface area (Å²) in [4.78, 5) is 2.57. The van der Waals surface area contributed by atoms with Gasteiger partial charge in [0.2, 0.25) is 0 Å². The zero-order chi connectivity index (χ0) is 9.14. The quantitative estimate of drug-likeness (QED) is 0.697. The molecule has 1 heterocycles. The van der Waals surface area contributed by atoms with Gasteiger partial charge in [-0.25, -0.2) is 0 Å². The summed E-state index contributed by atoms with van der Waals surface area (Å²) < 4.78 is 0. The van der Waals surface area contributed by atoms with Crippen molar-refractivity contribution in [2.75, 3.05) is 6.54 Å². The minimum atomic E-state index is 0.319. The first-order chi connectivity index (χ1) is 5.65. The van der Waals surface area contributed by atoms with Crippen LogP contribution in [0.1, 0.15) is 40.0 Å². The normalized spacial score (nSPS) is 34.0. The van der Waals surface area contributed by atoms with Crippen LogP contribution in [-0.2, 0) is 0 Å². The van der Waals surface area contributed by atoms with Crippen molar-refractivity contribution in [3.63, 3.8) is 0 Å². The molecule has 72 valence electrons. The second-order valence-electron chi connectivity index (χ2n) is 4.16. The van der Waals surface area contributed by atoms with Gasteiger partial charge >= 0.3 is 0 Å². The monoisotopic (exact) mass is 170 g/mol. The number of likely N-dealkylation sites (tertiary alicyclic amines) is 1. The van der Waals surface area contributed by atoms with Crippen molar-refractivity contribution in [3.8, 4) is 0 Å². The Hall–Kier alpha value is -0.0800. The smallest absolute Gasteiger partial charge is 0.0139 e. The Kier molecular flexibility index (Phi) is 3.53. The van der Waals surface area contributed by atoms with Crippen LogP contribution in [0.3, 0.4) is 0 Å². The molecule has 0 aromatic rings. The molecule has 0 aliphatic carbocycles. The summed E-state index contributed by atoms with van der Waals surface area (Å²) in [5, 5.41) is 0. The summed E-state index contributed by atoms with van der Waals surface area (Å²) in [5.41, 5.74) is 5.81. The molecule has 2 nitrogen and oxygen atoms in total. The molecule has 0 amide bonds. The highest BCUT2D eigenvalue weighted by Crippen LogP contribution is 2.25. The number of nitrogens with zero attached hydrogens (tertiary/aromatic N) is 1. The predicted octanol–water partition coefficient (Wildman–Crippen LogP) is 1.60. The van der Waals surface area contributed by atoms with Crippen molar-refractivity contribution < 1.29 is 0 Å². The van der Waals surface area contributed by atoms with Gasteiger partial charge in [0, 0.05) is 24.7 Å². The van der Waals surface area contributed by atoms with Gasteiger partial charge in [0.15, 0.2) is 0 Å². The highest BCUT2D eigenvalue weighted by atomic mass is 15.2. The number of hydrogen-bond donors (Lipinski definition) is 1. The second kappa shape index (κ2) is 4.24. The van der Waals surface area contributed by atoms with Gasteiger partial charge in [0.25, 0.3) is 0 Å². The van der Waals surface area contributed by atoms with Gasteiger partial charge in [-0.3, -0.25) is 4.90 Å². The summed E-state index contributed by atoms with van der Waals surface area (Å²) >= 11 is 0. The molecule has 0 aromatic carbocycles. The Labute approximate surface area is 76.1 Å². The van der Waals surface area contributed by atoms with Crippen molar-refractivity contribution >= 4 is 0 Å². The van der Waals surface area contributed by atoms with E-state index in [-0.39, 0.29) is 0 Å². The highest BCUT2D eigenvalue weighted by molar-refractivity contribution is 4.85. The lowest BCUT2D eigenvalue weighted by Crippen LogP contribution is -2.41. The van der Waals surface area contributed by atoms with Gasteiger partial charge < -0.3 is 5.73 Å². The van der Waals surface area contributed by atoms with Gasteiger partial charge in [-0.05, 0) is 33.1 Å². The van der Waals surface area contributed by atoms with Crippen LogP contribution in [0.5, 0.6) is 0 Å². The lowest BCUT2D eigenvalue weighted by molar-refractivity contribution is 0.189. The second-order valence-corrected chi connectivity index (χ2v) is 4.16. The molecule has 2 heteroatoms. The van der Waals surface area contributed by atoms with E-state index >= 15 is 0 Å². The van der Waals surface area contributed by atoms with Crippen LogP contribution in [-0.4, -0.2) is 29.6 Å². The van der Waals surface area contributed by atoms with E-state index in [9.17, 15) is 0 Å². The molecule has 2 N–H and O–H groups in total. The fourth-order valence-electron chi connectivity index (χ4n) is 2.23. The minimum absolute atomic E-state index is 0.319. The molecule has 0 radical (unpaired) electrons. The molecule has 1 rings (SSSR count). The molecule has 3 atom stereocenters. The van der Waals surface area contributed by atoms with E-state index in [1.165, 1.54) is 19.3 Å². The fourth-order valence-corrected chi connectivity index (χ4v) is 2.23. The first-order valence-electron chi connectivity index (χ1n) is 5.16. The van der Waals surface area contributed by atoms with Gasteiger partial charge in [0.05, 0.1) is 0 Å². The Balaban J connectivity index is 2.46. The maximum Gasteiger partial charge on any atom is 0.0139 e. The molecule has 0 saturated carbocycles. The van der Waals surface area contributed by atoms with Crippen LogP contribution in [0.15, 0.2) is 0 Å². The maximum absolute atomic E-state index is 5.81. The fraction of sp³-hybridized carbons (Fsp3) is 1.00. The molecular formula is C10H22N2. The zero-order valence-corrected chi connectivity index (χ0v) is 8.59. The third kappa shape index (κ3) is 2.20. The summed E-state index contributed by atoms with van der Waals surface area (Å²) in [5.74, 6) is 0. The van der Waals surface area contributed by atoms with Crippen molar-refractivity contribution in [1.82, 2.24) is 4.90 Å². The number of rotatable bonds is 3. The van der Waals surface area contributed by atoms with Crippen molar-refractivity contribution in [1.29, 1.82) is 0 Å². The topological polar surface area (TPSA) is 29.3 Å². The van der Waals surface area contributed by atoms with E-state index in [0.29, 0.717) is 6.04 Å². The van der Waals surface area contributed by atoms with E-state index in [2.05, 4.69) is 25.7 Å². The molecule has 1 aliphatic heterocycles. The third-order valence-electron chi connectivity index (χ3n) is 2.92. The van der Waals surface area contributed by atoms with E-state index in [0.717, 1.165) is 18.6 Å². The van der Waals surface area contributed by atoms with Crippen LogP contribution in [0.2, 0.25) is 0 Å². The van der Waals surface area contributed by atoms with Crippen LogP contribution in [0, 0.1) is 0 Å². The molecule has 1 fully saturated rings. The summed E-state index contributed by atoms with van der Waals surface area (Å²) in [6.45, 7) is 7.76. The molecule has 0 bridgehead atoms. The average Bonchev–Trinajstić information content (AvgIpc) is 2.32. The highest BCUT2D eigenvalue weighted by Gasteiger charge is 2.29. The van der Waals surface area contributed by atoms with Gasteiger partial charge in [-0.2, -0.15) is 0 Å². The first kappa shape index (κ1) is 10.0.